The number of nitrogens with zero attached hydrogens (tertiary/aromatic N) is 2. The number of hydrogen-bond donors (Lipinski definition) is 1. The molecule has 2 aromatic heterocycles. The molecule has 0 spiro atoms. The molecule has 4 rings (SSSR count). The summed E-state index contributed by atoms with van der Waals surface area (Å²) in [6, 6.07) is 13.4. The number of aromatic nitrogens is 2. The Morgan fingerprint density at radius 3 is 2.39 bits per heavy atom. The molecule has 162 valence electrons. The zero-order valence-corrected chi connectivity index (χ0v) is 16.6. The van der Waals surface area contributed by atoms with E-state index >= 15 is 0 Å². The first-order valence-electron chi connectivity index (χ1n) is 9.03. The largest absolute Gasteiger partial charge is 0.542 e. The lowest BCUT2D eigenvalue weighted by molar-refractivity contribution is -0.622. The van der Waals surface area contributed by atoms with Crippen LogP contribution in [0.1, 0.15) is 5.56 Å². The van der Waals surface area contributed by atoms with Crippen LogP contribution >= 0.6 is 0 Å². The number of carbonyl (C=O) groups is 1. The molecule has 2 heterocycles. The van der Waals surface area contributed by atoms with Gasteiger partial charge in [0.1, 0.15) is 11.7 Å². The summed E-state index contributed by atoms with van der Waals surface area (Å²) in [5, 5.41) is 10.8. The smallest absolute Gasteiger partial charge is 0.430 e. The predicted octanol–water partition coefficient (Wildman–Crippen LogP) is 1.47. The van der Waals surface area contributed by atoms with Gasteiger partial charge in [0.2, 0.25) is 6.20 Å². The Balaban J connectivity index is 0.000000339. The lowest BCUT2D eigenvalue weighted by Gasteiger charge is -2.03. The van der Waals surface area contributed by atoms with E-state index in [4.69, 9.17) is 14.6 Å². The molecule has 4 aromatic rings. The maximum absolute atomic E-state index is 12.4. The number of carbonyl (C=O) groups excluding carboxylic acids is 1. The summed E-state index contributed by atoms with van der Waals surface area (Å²) in [5.74, 6) is -2.18. The van der Waals surface area contributed by atoms with Gasteiger partial charge >= 0.3 is 6.18 Å². The number of methoxy groups -OCH3 is 1. The van der Waals surface area contributed by atoms with Crippen molar-refractivity contribution in [3.63, 3.8) is 0 Å². The summed E-state index contributed by atoms with van der Waals surface area (Å²) >= 11 is 0. The normalized spacial score (nSPS) is 11.3. The number of aliphatic carboxylic acids is 1. The van der Waals surface area contributed by atoms with Gasteiger partial charge in [0.15, 0.2) is 0 Å². The number of benzene rings is 2. The summed E-state index contributed by atoms with van der Waals surface area (Å²) in [7, 11) is 3.64. The Morgan fingerprint density at radius 1 is 1.16 bits per heavy atom. The van der Waals surface area contributed by atoms with Crippen molar-refractivity contribution in [1.29, 1.82) is 0 Å². The Bertz CT molecular complexity index is 1270. The van der Waals surface area contributed by atoms with E-state index in [1.165, 1.54) is 0 Å². The summed E-state index contributed by atoms with van der Waals surface area (Å²) < 4.78 is 40.6. The lowest BCUT2D eigenvalue weighted by atomic mass is 10.1. The molecular weight excluding hydrogens is 415 g/mol. The fourth-order valence-electron chi connectivity index (χ4n) is 3.09. The number of carboxylic acid groups (broad SMARTS) is 1. The Labute approximate surface area is 174 Å². The zero-order chi connectivity index (χ0) is 22.8. The molecule has 1 N–H and O–H groups in total. The minimum atomic E-state index is -5.19. The minimum absolute atomic E-state index is 0.0194. The van der Waals surface area contributed by atoms with E-state index in [1.807, 2.05) is 65.1 Å². The van der Waals surface area contributed by atoms with Crippen LogP contribution in [-0.4, -0.2) is 23.8 Å². The lowest BCUT2D eigenvalue weighted by Crippen LogP contribution is -2.45. The topological polar surface area (TPSA) is 87.3 Å². The second-order valence-corrected chi connectivity index (χ2v) is 6.66. The highest BCUT2D eigenvalue weighted by molar-refractivity contribution is 6.05. The molecule has 0 atom stereocenters. The van der Waals surface area contributed by atoms with Gasteiger partial charge in [-0.25, -0.2) is 0 Å². The molecule has 0 bridgehead atoms. The van der Waals surface area contributed by atoms with Gasteiger partial charge in [0, 0.05) is 13.2 Å². The van der Waals surface area contributed by atoms with Crippen LogP contribution < -0.4 is 25.4 Å². The SMILES string of the molecule is COc1ccc(CN[n+]2cc3ccn(C)c4ccc(=O)c2c34)cc1.O=C([O-])C(F)(F)F. The maximum atomic E-state index is 12.4. The van der Waals surface area contributed by atoms with Crippen LogP contribution in [0.5, 0.6) is 5.75 Å². The van der Waals surface area contributed by atoms with Crippen LogP contribution in [0.2, 0.25) is 0 Å². The van der Waals surface area contributed by atoms with E-state index in [0.717, 1.165) is 27.6 Å². The fraction of sp³-hybridized carbons (Fsp3) is 0.190. The monoisotopic (exact) mass is 433 g/mol. The third kappa shape index (κ3) is 4.68. The molecule has 10 heteroatoms. The Hall–Kier alpha value is -3.82. The van der Waals surface area contributed by atoms with E-state index in [0.29, 0.717) is 12.1 Å². The summed E-state index contributed by atoms with van der Waals surface area (Å²) in [4.78, 5) is 21.2. The van der Waals surface area contributed by atoms with E-state index in [2.05, 4.69) is 5.43 Å². The van der Waals surface area contributed by atoms with Crippen molar-refractivity contribution in [2.75, 3.05) is 12.5 Å². The molecule has 0 amide bonds. The molecule has 2 aromatic carbocycles. The highest BCUT2D eigenvalue weighted by Crippen LogP contribution is 2.22. The molecule has 0 aliphatic carbocycles. The van der Waals surface area contributed by atoms with Gasteiger partial charge in [-0.3, -0.25) is 4.79 Å². The number of ether oxygens (including phenoxy) is 1. The first-order valence-corrected chi connectivity index (χ1v) is 9.03. The van der Waals surface area contributed by atoms with Gasteiger partial charge < -0.3 is 19.2 Å². The zero-order valence-electron chi connectivity index (χ0n) is 16.6. The molecule has 0 radical (unpaired) electrons. The highest BCUT2D eigenvalue weighted by Gasteiger charge is 2.28. The molecule has 0 aliphatic rings. The van der Waals surface area contributed by atoms with Gasteiger partial charge in [-0.15, -0.1) is 0 Å². The number of rotatable bonds is 4. The molecule has 0 unspecified atom stereocenters. The van der Waals surface area contributed by atoms with Crippen LogP contribution in [0.25, 0.3) is 21.8 Å². The predicted molar refractivity (Wildman–Crippen MR) is 105 cm³/mol. The Morgan fingerprint density at radius 2 is 1.81 bits per heavy atom. The molecule has 0 fully saturated rings. The molecule has 0 saturated carbocycles. The number of aryl methyl sites for hydroxylation is 1. The second kappa shape index (κ2) is 8.50. The van der Waals surface area contributed by atoms with Gasteiger partial charge in [-0.1, -0.05) is 16.8 Å². The number of nitrogens with one attached hydrogen (secondary N) is 1. The van der Waals surface area contributed by atoms with Crippen LogP contribution in [0.15, 0.2) is 59.7 Å². The summed E-state index contributed by atoms with van der Waals surface area (Å²) in [6.07, 6.45) is -1.21. The summed E-state index contributed by atoms with van der Waals surface area (Å²) in [6.45, 7) is 0.621. The van der Waals surface area contributed by atoms with Crippen molar-refractivity contribution in [3.8, 4) is 5.75 Å². The van der Waals surface area contributed by atoms with Crippen molar-refractivity contribution < 1.29 is 32.5 Å². The number of pyridine rings is 1. The average Bonchev–Trinajstić information content (AvgIpc) is 3.11. The highest BCUT2D eigenvalue weighted by atomic mass is 19.4. The number of halogens is 3. The quantitative estimate of drug-likeness (QED) is 0.493. The van der Waals surface area contributed by atoms with Crippen LogP contribution in [0.4, 0.5) is 13.2 Å². The third-order valence-corrected chi connectivity index (χ3v) is 4.62. The first kappa shape index (κ1) is 21.9. The van der Waals surface area contributed by atoms with Crippen LogP contribution in [-0.2, 0) is 18.4 Å². The van der Waals surface area contributed by atoms with Crippen LogP contribution in [0, 0.1) is 0 Å². The van der Waals surface area contributed by atoms with Gasteiger partial charge in [0.25, 0.3) is 10.9 Å². The van der Waals surface area contributed by atoms with E-state index in [1.54, 1.807) is 13.2 Å². The van der Waals surface area contributed by atoms with Crippen molar-refractivity contribution in [1.82, 2.24) is 4.57 Å². The van der Waals surface area contributed by atoms with E-state index in [9.17, 15) is 18.0 Å². The molecular formula is C21H18F3N3O4. The van der Waals surface area contributed by atoms with Crippen molar-refractivity contribution in [3.05, 3.63) is 70.6 Å². The number of hydrogen-bond acceptors (Lipinski definition) is 5. The van der Waals surface area contributed by atoms with Crippen molar-refractivity contribution in [2.45, 2.75) is 12.7 Å². The second-order valence-electron chi connectivity index (χ2n) is 6.66. The number of alkyl halides is 3. The average molecular weight is 433 g/mol. The van der Waals surface area contributed by atoms with Gasteiger partial charge in [-0.05, 0) is 35.9 Å². The molecule has 31 heavy (non-hydrogen) atoms. The molecule has 0 saturated heterocycles. The standard InChI is InChI=1S/C19H17N3O2.C2HF3O2/c1-21-10-9-14-12-22(19-17(23)8-7-16(21)18(14)19)20-11-13-3-5-15(24-2)6-4-13;3-2(4,5)1(6)7/h3-10,12H,11H2,1-2H3;(H,6,7). The third-order valence-electron chi connectivity index (χ3n) is 4.62. The molecule has 0 aliphatic heterocycles. The summed E-state index contributed by atoms with van der Waals surface area (Å²) in [5.41, 5.74) is 6.20. The van der Waals surface area contributed by atoms with E-state index in [-0.39, 0.29) is 5.43 Å². The first-order chi connectivity index (χ1) is 14.6. The number of carboxylic acids is 1. The van der Waals surface area contributed by atoms with Crippen LogP contribution in [0.3, 0.4) is 0 Å². The van der Waals surface area contributed by atoms with Crippen molar-refractivity contribution in [2.24, 2.45) is 7.05 Å². The maximum Gasteiger partial charge on any atom is 0.430 e. The van der Waals surface area contributed by atoms with Crippen molar-refractivity contribution >= 4 is 27.8 Å². The van der Waals surface area contributed by atoms with Gasteiger partial charge in [-0.2, -0.15) is 18.6 Å². The van der Waals surface area contributed by atoms with E-state index < -0.39 is 12.1 Å². The van der Waals surface area contributed by atoms with Gasteiger partial charge in [0.05, 0.1) is 29.9 Å². The minimum Gasteiger partial charge on any atom is -0.542 e. The fourth-order valence-corrected chi connectivity index (χ4v) is 3.09. The Kier molecular flexibility index (Phi) is 6.00. The molecule has 7 nitrogen and oxygen atoms in total.